The molecule has 1 saturated heterocycles. The van der Waals surface area contributed by atoms with Crippen molar-refractivity contribution in [3.05, 3.63) is 0 Å². The van der Waals surface area contributed by atoms with Crippen LogP contribution in [-0.2, 0) is 9.53 Å². The Morgan fingerprint density at radius 2 is 1.88 bits per heavy atom. The normalized spacial score (nSPS) is 31.4. The Labute approximate surface area is 97.9 Å². The predicted molar refractivity (Wildman–Crippen MR) is 64.0 cm³/mol. The molecule has 4 nitrogen and oxygen atoms in total. The molecule has 2 atom stereocenters. The molecule has 2 unspecified atom stereocenters. The highest BCUT2D eigenvalue weighted by Gasteiger charge is 2.29. The second kappa shape index (κ2) is 5.15. The second-order valence-corrected chi connectivity index (χ2v) is 5.55. The van der Waals surface area contributed by atoms with Gasteiger partial charge < -0.3 is 15.8 Å². The maximum atomic E-state index is 11.2. The van der Waals surface area contributed by atoms with Gasteiger partial charge in [0.2, 0.25) is 5.91 Å². The molecule has 1 amide bonds. The standard InChI is InChI=1S/C12H24N2O2/c1-8-5-10(6-9(2)16-8)14-7-12(3,4)11(13)15/h8-10,14H,5-7H2,1-4H3,(H2,13,15). The summed E-state index contributed by atoms with van der Waals surface area (Å²) in [5, 5.41) is 3.42. The van der Waals surface area contributed by atoms with Crippen LogP contribution in [0.3, 0.4) is 0 Å². The average molecular weight is 228 g/mol. The quantitative estimate of drug-likeness (QED) is 0.755. The molecule has 0 radical (unpaired) electrons. The maximum absolute atomic E-state index is 11.2. The third kappa shape index (κ3) is 3.76. The molecule has 1 rings (SSSR count). The van der Waals surface area contributed by atoms with E-state index in [2.05, 4.69) is 19.2 Å². The van der Waals surface area contributed by atoms with Gasteiger partial charge in [-0.1, -0.05) is 0 Å². The van der Waals surface area contributed by atoms with Crippen molar-refractivity contribution in [1.82, 2.24) is 5.32 Å². The van der Waals surface area contributed by atoms with Crippen LogP contribution < -0.4 is 11.1 Å². The van der Waals surface area contributed by atoms with Gasteiger partial charge in [-0.25, -0.2) is 0 Å². The smallest absolute Gasteiger partial charge is 0.224 e. The number of carbonyl (C=O) groups is 1. The summed E-state index contributed by atoms with van der Waals surface area (Å²) in [6.45, 7) is 8.54. The van der Waals surface area contributed by atoms with Crippen LogP contribution in [0, 0.1) is 5.41 Å². The van der Waals surface area contributed by atoms with Gasteiger partial charge in [-0.05, 0) is 40.5 Å². The highest BCUT2D eigenvalue weighted by molar-refractivity contribution is 5.80. The molecule has 0 bridgehead atoms. The van der Waals surface area contributed by atoms with E-state index < -0.39 is 5.41 Å². The van der Waals surface area contributed by atoms with E-state index in [9.17, 15) is 4.79 Å². The molecule has 0 saturated carbocycles. The summed E-state index contributed by atoms with van der Waals surface area (Å²) in [6.07, 6.45) is 2.58. The van der Waals surface area contributed by atoms with E-state index >= 15 is 0 Å². The van der Waals surface area contributed by atoms with E-state index in [0.29, 0.717) is 12.6 Å². The molecule has 4 heteroatoms. The molecule has 94 valence electrons. The Bertz CT molecular complexity index is 243. The zero-order valence-electron chi connectivity index (χ0n) is 10.7. The number of carbonyl (C=O) groups excluding carboxylic acids is 1. The van der Waals surface area contributed by atoms with Gasteiger partial charge >= 0.3 is 0 Å². The Balaban J connectivity index is 2.40. The van der Waals surface area contributed by atoms with Gasteiger partial charge in [-0.15, -0.1) is 0 Å². The lowest BCUT2D eigenvalue weighted by molar-refractivity contribution is -0.126. The molecular formula is C12H24N2O2. The summed E-state index contributed by atoms with van der Waals surface area (Å²) in [5.41, 5.74) is 4.86. The van der Waals surface area contributed by atoms with Gasteiger partial charge in [-0.3, -0.25) is 4.79 Å². The third-order valence-electron chi connectivity index (χ3n) is 3.20. The molecule has 1 fully saturated rings. The Kier molecular flexibility index (Phi) is 4.33. The Morgan fingerprint density at radius 1 is 1.38 bits per heavy atom. The summed E-state index contributed by atoms with van der Waals surface area (Å²) >= 11 is 0. The van der Waals surface area contributed by atoms with Crippen molar-refractivity contribution in [3.8, 4) is 0 Å². The number of nitrogens with one attached hydrogen (secondary N) is 1. The van der Waals surface area contributed by atoms with Crippen LogP contribution in [0.1, 0.15) is 40.5 Å². The van der Waals surface area contributed by atoms with E-state index in [4.69, 9.17) is 10.5 Å². The molecule has 0 aromatic carbocycles. The van der Waals surface area contributed by atoms with E-state index in [1.807, 2.05) is 13.8 Å². The molecule has 16 heavy (non-hydrogen) atoms. The summed E-state index contributed by atoms with van der Waals surface area (Å²) < 4.78 is 5.66. The lowest BCUT2D eigenvalue weighted by Crippen LogP contribution is -2.47. The Hall–Kier alpha value is -0.610. The van der Waals surface area contributed by atoms with E-state index in [1.54, 1.807) is 0 Å². The van der Waals surface area contributed by atoms with Gasteiger partial charge in [-0.2, -0.15) is 0 Å². The van der Waals surface area contributed by atoms with Crippen molar-refractivity contribution in [1.29, 1.82) is 0 Å². The van der Waals surface area contributed by atoms with Crippen LogP contribution in [0.2, 0.25) is 0 Å². The number of hydrogen-bond acceptors (Lipinski definition) is 3. The number of ether oxygens (including phenoxy) is 1. The first-order valence-corrected chi connectivity index (χ1v) is 6.00. The SMILES string of the molecule is CC1CC(NCC(C)(C)C(N)=O)CC(C)O1. The topological polar surface area (TPSA) is 64.3 Å². The minimum absolute atomic E-state index is 0.256. The first-order chi connectivity index (χ1) is 7.31. The fraction of sp³-hybridized carbons (Fsp3) is 0.917. The summed E-state index contributed by atoms with van der Waals surface area (Å²) in [4.78, 5) is 11.2. The molecule has 0 aromatic rings. The van der Waals surface area contributed by atoms with Gasteiger partial charge in [0.15, 0.2) is 0 Å². The fourth-order valence-electron chi connectivity index (χ4n) is 2.06. The highest BCUT2D eigenvalue weighted by atomic mass is 16.5. The van der Waals surface area contributed by atoms with Crippen LogP contribution in [0.5, 0.6) is 0 Å². The summed E-state index contributed by atoms with van der Waals surface area (Å²) in [6, 6.07) is 0.428. The summed E-state index contributed by atoms with van der Waals surface area (Å²) in [7, 11) is 0. The number of nitrogens with two attached hydrogens (primary N) is 1. The largest absolute Gasteiger partial charge is 0.375 e. The lowest BCUT2D eigenvalue weighted by atomic mass is 9.91. The first-order valence-electron chi connectivity index (χ1n) is 6.00. The molecule has 0 spiro atoms. The van der Waals surface area contributed by atoms with E-state index in [0.717, 1.165) is 12.8 Å². The van der Waals surface area contributed by atoms with E-state index in [-0.39, 0.29) is 18.1 Å². The fourth-order valence-corrected chi connectivity index (χ4v) is 2.06. The van der Waals surface area contributed by atoms with Crippen LogP contribution in [-0.4, -0.2) is 30.7 Å². The Morgan fingerprint density at radius 3 is 2.31 bits per heavy atom. The zero-order chi connectivity index (χ0) is 12.3. The highest BCUT2D eigenvalue weighted by Crippen LogP contribution is 2.20. The predicted octanol–water partition coefficient (Wildman–Crippen LogP) is 1.04. The van der Waals surface area contributed by atoms with Crippen molar-refractivity contribution in [2.45, 2.75) is 58.8 Å². The van der Waals surface area contributed by atoms with Gasteiger partial charge in [0.05, 0.1) is 17.6 Å². The molecule has 0 aliphatic carbocycles. The minimum Gasteiger partial charge on any atom is -0.375 e. The summed E-state index contributed by atoms with van der Waals surface area (Å²) in [5.74, 6) is -0.256. The number of amides is 1. The molecular weight excluding hydrogens is 204 g/mol. The second-order valence-electron chi connectivity index (χ2n) is 5.55. The van der Waals surface area contributed by atoms with Gasteiger partial charge in [0, 0.05) is 12.6 Å². The molecule has 0 aromatic heterocycles. The zero-order valence-corrected chi connectivity index (χ0v) is 10.7. The van der Waals surface area contributed by atoms with Crippen molar-refractivity contribution in [3.63, 3.8) is 0 Å². The van der Waals surface area contributed by atoms with Crippen LogP contribution in [0.25, 0.3) is 0 Å². The lowest BCUT2D eigenvalue weighted by Gasteiger charge is -2.34. The first kappa shape index (κ1) is 13.5. The number of hydrogen-bond donors (Lipinski definition) is 2. The maximum Gasteiger partial charge on any atom is 0.224 e. The molecule has 1 heterocycles. The van der Waals surface area contributed by atoms with E-state index in [1.165, 1.54) is 0 Å². The van der Waals surface area contributed by atoms with Crippen molar-refractivity contribution in [2.24, 2.45) is 11.1 Å². The molecule has 1 aliphatic heterocycles. The van der Waals surface area contributed by atoms with Crippen molar-refractivity contribution >= 4 is 5.91 Å². The number of rotatable bonds is 4. The monoisotopic (exact) mass is 228 g/mol. The average Bonchev–Trinajstić information content (AvgIpc) is 2.13. The van der Waals surface area contributed by atoms with Crippen molar-refractivity contribution in [2.75, 3.05) is 6.54 Å². The minimum atomic E-state index is -0.481. The molecule has 3 N–H and O–H groups in total. The van der Waals surface area contributed by atoms with Crippen LogP contribution in [0.15, 0.2) is 0 Å². The van der Waals surface area contributed by atoms with Gasteiger partial charge in [0.25, 0.3) is 0 Å². The van der Waals surface area contributed by atoms with Gasteiger partial charge in [0.1, 0.15) is 0 Å². The molecule has 1 aliphatic rings. The van der Waals surface area contributed by atoms with Crippen LogP contribution in [0.4, 0.5) is 0 Å². The van der Waals surface area contributed by atoms with Crippen LogP contribution >= 0.6 is 0 Å². The third-order valence-corrected chi connectivity index (χ3v) is 3.20. The number of primary amides is 1. The van der Waals surface area contributed by atoms with Crippen molar-refractivity contribution < 1.29 is 9.53 Å².